The Bertz CT molecular complexity index is 639. The van der Waals surface area contributed by atoms with Gasteiger partial charge in [0.15, 0.2) is 0 Å². The summed E-state index contributed by atoms with van der Waals surface area (Å²) < 4.78 is 0. The summed E-state index contributed by atoms with van der Waals surface area (Å²) in [5, 5.41) is 2.81. The molecule has 2 rings (SSSR count). The van der Waals surface area contributed by atoms with Gasteiger partial charge in [0.1, 0.15) is 5.84 Å². The Morgan fingerprint density at radius 1 is 1.18 bits per heavy atom. The topological polar surface area (TPSA) is 80.4 Å². The van der Waals surface area contributed by atoms with Crippen molar-refractivity contribution >= 4 is 29.8 Å². The van der Waals surface area contributed by atoms with E-state index in [-0.39, 0.29) is 24.4 Å². The zero-order valence-corrected chi connectivity index (χ0v) is 13.3. The second-order valence-corrected chi connectivity index (χ2v) is 4.88. The van der Waals surface area contributed by atoms with Gasteiger partial charge in [-0.2, -0.15) is 0 Å². The quantitative estimate of drug-likeness (QED) is 0.672. The molecule has 1 amide bonds. The number of nitrogens with one attached hydrogen (secondary N) is 1. The first-order valence-electron chi connectivity index (χ1n) is 6.71. The molecule has 1 heterocycles. The number of nitrogens with two attached hydrogens (primary N) is 1. The Hall–Kier alpha value is -2.40. The van der Waals surface area contributed by atoms with Crippen LogP contribution < -0.4 is 11.1 Å². The maximum absolute atomic E-state index is 12.0. The van der Waals surface area contributed by atoms with E-state index in [1.54, 1.807) is 30.5 Å². The lowest BCUT2D eigenvalue weighted by Crippen LogP contribution is -2.16. The van der Waals surface area contributed by atoms with Crippen LogP contribution in [0.25, 0.3) is 0 Å². The minimum Gasteiger partial charge on any atom is -0.383 e. The standard InChI is InChI=1S/C16H18N4O.ClH/c1-11(2)19-15(17)12-5-7-14(8-6-12)20-16(21)13-4-3-9-18-10-13;/h3-11H,1-2H3,(H2,17,19)(H,20,21);1H. The number of pyridine rings is 1. The molecular formula is C16H19ClN4O. The molecule has 0 saturated carbocycles. The Labute approximate surface area is 136 Å². The molecule has 2 aromatic rings. The van der Waals surface area contributed by atoms with Crippen LogP contribution >= 0.6 is 12.4 Å². The molecule has 0 aliphatic carbocycles. The van der Waals surface area contributed by atoms with E-state index in [1.165, 1.54) is 6.20 Å². The van der Waals surface area contributed by atoms with E-state index in [2.05, 4.69) is 15.3 Å². The van der Waals surface area contributed by atoms with Crippen molar-refractivity contribution in [3.05, 3.63) is 59.9 Å². The Morgan fingerprint density at radius 3 is 2.41 bits per heavy atom. The van der Waals surface area contributed by atoms with E-state index in [9.17, 15) is 4.79 Å². The maximum atomic E-state index is 12.0. The molecule has 0 fully saturated rings. The normalized spacial score (nSPS) is 11.0. The van der Waals surface area contributed by atoms with Gasteiger partial charge < -0.3 is 11.1 Å². The van der Waals surface area contributed by atoms with Gasteiger partial charge in [-0.1, -0.05) is 0 Å². The Morgan fingerprint density at radius 2 is 1.86 bits per heavy atom. The van der Waals surface area contributed by atoms with Gasteiger partial charge in [-0.25, -0.2) is 0 Å². The van der Waals surface area contributed by atoms with E-state index < -0.39 is 0 Å². The number of benzene rings is 1. The first kappa shape index (κ1) is 17.7. The molecule has 0 radical (unpaired) electrons. The first-order valence-corrected chi connectivity index (χ1v) is 6.71. The number of hydrogen-bond donors (Lipinski definition) is 2. The predicted molar refractivity (Wildman–Crippen MR) is 91.7 cm³/mol. The molecule has 22 heavy (non-hydrogen) atoms. The van der Waals surface area contributed by atoms with Gasteiger partial charge in [0.25, 0.3) is 5.91 Å². The molecule has 0 bridgehead atoms. The summed E-state index contributed by atoms with van der Waals surface area (Å²) in [5.74, 6) is 0.301. The highest BCUT2D eigenvalue weighted by molar-refractivity contribution is 6.04. The summed E-state index contributed by atoms with van der Waals surface area (Å²) in [6, 6.07) is 10.8. The fourth-order valence-electron chi connectivity index (χ4n) is 1.78. The number of amides is 1. The molecule has 0 spiro atoms. The van der Waals surface area contributed by atoms with Crippen molar-refractivity contribution in [2.24, 2.45) is 10.7 Å². The van der Waals surface area contributed by atoms with Crippen molar-refractivity contribution in [2.45, 2.75) is 19.9 Å². The second-order valence-electron chi connectivity index (χ2n) is 4.88. The number of anilines is 1. The zero-order valence-electron chi connectivity index (χ0n) is 12.5. The number of carbonyl (C=O) groups excluding carboxylic acids is 1. The Kier molecular flexibility index (Phi) is 6.53. The third-order valence-corrected chi connectivity index (χ3v) is 2.76. The lowest BCUT2D eigenvalue weighted by Gasteiger charge is -2.07. The molecule has 0 saturated heterocycles. The highest BCUT2D eigenvalue weighted by atomic mass is 35.5. The summed E-state index contributed by atoms with van der Waals surface area (Å²) >= 11 is 0. The van der Waals surface area contributed by atoms with Crippen molar-refractivity contribution in [1.82, 2.24) is 4.98 Å². The van der Waals surface area contributed by atoms with E-state index >= 15 is 0 Å². The second kappa shape index (κ2) is 8.14. The zero-order chi connectivity index (χ0) is 15.2. The molecule has 6 heteroatoms. The third-order valence-electron chi connectivity index (χ3n) is 2.76. The smallest absolute Gasteiger partial charge is 0.257 e. The van der Waals surface area contributed by atoms with Crippen LogP contribution in [0.1, 0.15) is 29.8 Å². The van der Waals surface area contributed by atoms with Gasteiger partial charge in [-0.3, -0.25) is 14.8 Å². The summed E-state index contributed by atoms with van der Waals surface area (Å²) in [5.41, 5.74) is 7.94. The highest BCUT2D eigenvalue weighted by Gasteiger charge is 2.06. The Balaban J connectivity index is 0.00000242. The molecule has 116 valence electrons. The first-order chi connectivity index (χ1) is 10.1. The molecule has 0 atom stereocenters. The largest absolute Gasteiger partial charge is 0.383 e. The number of amidine groups is 1. The van der Waals surface area contributed by atoms with Crippen molar-refractivity contribution in [2.75, 3.05) is 5.32 Å². The van der Waals surface area contributed by atoms with Gasteiger partial charge in [0.2, 0.25) is 0 Å². The van der Waals surface area contributed by atoms with Gasteiger partial charge >= 0.3 is 0 Å². The molecule has 3 N–H and O–H groups in total. The van der Waals surface area contributed by atoms with E-state index in [0.717, 1.165) is 5.56 Å². The highest BCUT2D eigenvalue weighted by Crippen LogP contribution is 2.11. The molecular weight excluding hydrogens is 300 g/mol. The number of aliphatic imine (C=N–C) groups is 1. The molecule has 0 aliphatic rings. The van der Waals surface area contributed by atoms with E-state index in [4.69, 9.17) is 5.73 Å². The molecule has 0 unspecified atom stereocenters. The lowest BCUT2D eigenvalue weighted by atomic mass is 10.2. The van der Waals surface area contributed by atoms with Crippen LogP contribution in [-0.4, -0.2) is 22.8 Å². The fraction of sp³-hybridized carbons (Fsp3) is 0.188. The molecule has 0 aliphatic heterocycles. The monoisotopic (exact) mass is 318 g/mol. The number of halogens is 1. The summed E-state index contributed by atoms with van der Waals surface area (Å²) in [4.78, 5) is 20.2. The molecule has 1 aromatic carbocycles. The number of nitrogens with zero attached hydrogens (tertiary/aromatic N) is 2. The maximum Gasteiger partial charge on any atom is 0.257 e. The van der Waals surface area contributed by atoms with E-state index in [0.29, 0.717) is 17.1 Å². The van der Waals surface area contributed by atoms with Crippen molar-refractivity contribution in [3.63, 3.8) is 0 Å². The summed E-state index contributed by atoms with van der Waals surface area (Å²) in [7, 11) is 0. The third kappa shape index (κ3) is 4.86. The van der Waals surface area contributed by atoms with Crippen LogP contribution in [-0.2, 0) is 0 Å². The van der Waals surface area contributed by atoms with Crippen molar-refractivity contribution in [1.29, 1.82) is 0 Å². The number of hydrogen-bond acceptors (Lipinski definition) is 3. The van der Waals surface area contributed by atoms with Gasteiger partial charge in [0, 0.05) is 29.7 Å². The van der Waals surface area contributed by atoms with Crippen LogP contribution in [0.4, 0.5) is 5.69 Å². The number of rotatable bonds is 4. The van der Waals surface area contributed by atoms with Crippen LogP contribution in [0.5, 0.6) is 0 Å². The average Bonchev–Trinajstić information content (AvgIpc) is 2.48. The molecule has 1 aromatic heterocycles. The number of aromatic nitrogens is 1. The van der Waals surface area contributed by atoms with Crippen LogP contribution in [0.15, 0.2) is 53.8 Å². The van der Waals surface area contributed by atoms with Crippen molar-refractivity contribution < 1.29 is 4.79 Å². The summed E-state index contributed by atoms with van der Waals surface area (Å²) in [6.07, 6.45) is 3.15. The van der Waals surface area contributed by atoms with Gasteiger partial charge in [0.05, 0.1) is 5.56 Å². The van der Waals surface area contributed by atoms with Crippen LogP contribution in [0.2, 0.25) is 0 Å². The van der Waals surface area contributed by atoms with Crippen LogP contribution in [0.3, 0.4) is 0 Å². The van der Waals surface area contributed by atoms with Crippen LogP contribution in [0, 0.1) is 0 Å². The average molecular weight is 319 g/mol. The fourth-order valence-corrected chi connectivity index (χ4v) is 1.78. The van der Waals surface area contributed by atoms with Crippen molar-refractivity contribution in [3.8, 4) is 0 Å². The van der Waals surface area contributed by atoms with E-state index in [1.807, 2.05) is 26.0 Å². The van der Waals surface area contributed by atoms with Gasteiger partial charge in [-0.15, -0.1) is 12.4 Å². The minimum absolute atomic E-state index is 0. The minimum atomic E-state index is -0.195. The predicted octanol–water partition coefficient (Wildman–Crippen LogP) is 2.87. The number of carbonyl (C=O) groups is 1. The summed E-state index contributed by atoms with van der Waals surface area (Å²) in [6.45, 7) is 3.94. The lowest BCUT2D eigenvalue weighted by molar-refractivity contribution is 0.102. The molecule has 5 nitrogen and oxygen atoms in total. The SMILES string of the molecule is CC(C)N=C(N)c1ccc(NC(=O)c2cccnc2)cc1.Cl. The van der Waals surface area contributed by atoms with Gasteiger partial charge in [-0.05, 0) is 50.2 Å².